The first-order valence-corrected chi connectivity index (χ1v) is 6.67. The van der Waals surface area contributed by atoms with Crippen molar-refractivity contribution in [1.82, 2.24) is 0 Å². The lowest BCUT2D eigenvalue weighted by molar-refractivity contribution is 0.429. The molecule has 1 aromatic carbocycles. The molecule has 0 unspecified atom stereocenters. The highest BCUT2D eigenvalue weighted by molar-refractivity contribution is 5.67. The Morgan fingerprint density at radius 3 is 2.44 bits per heavy atom. The van der Waals surface area contributed by atoms with Gasteiger partial charge >= 0.3 is 0 Å². The second-order valence-corrected chi connectivity index (χ2v) is 4.77. The van der Waals surface area contributed by atoms with Crippen molar-refractivity contribution in [3.63, 3.8) is 0 Å². The topological polar surface area (TPSA) is 0 Å². The van der Waals surface area contributed by atoms with E-state index in [0.717, 1.165) is 12.3 Å². The van der Waals surface area contributed by atoms with Crippen LogP contribution in [0.5, 0.6) is 0 Å². The van der Waals surface area contributed by atoms with Gasteiger partial charge in [0.1, 0.15) is 0 Å². The van der Waals surface area contributed by atoms with E-state index in [1.54, 1.807) is 5.57 Å². The summed E-state index contributed by atoms with van der Waals surface area (Å²) in [7, 11) is 0. The fourth-order valence-electron chi connectivity index (χ4n) is 2.78. The van der Waals surface area contributed by atoms with E-state index in [1.807, 2.05) is 0 Å². The molecule has 0 heterocycles. The smallest absolute Gasteiger partial charge is 0.0159 e. The Morgan fingerprint density at radius 2 is 1.81 bits per heavy atom. The van der Waals surface area contributed by atoms with E-state index in [2.05, 4.69) is 43.3 Å². The molecule has 2 rings (SSSR count). The molecule has 0 aliphatic heterocycles. The molecular weight excluding hydrogens is 192 g/mol. The highest BCUT2D eigenvalue weighted by Gasteiger charge is 2.18. The zero-order valence-corrected chi connectivity index (χ0v) is 10.3. The summed E-state index contributed by atoms with van der Waals surface area (Å²) in [4.78, 5) is 0. The lowest BCUT2D eigenvalue weighted by Crippen LogP contribution is -2.08. The summed E-state index contributed by atoms with van der Waals surface area (Å²) in [6, 6.07) is 10.9. The van der Waals surface area contributed by atoms with E-state index < -0.39 is 0 Å². The van der Waals surface area contributed by atoms with Crippen LogP contribution in [0, 0.1) is 5.92 Å². The highest BCUT2D eigenvalue weighted by atomic mass is 14.2. The van der Waals surface area contributed by atoms with Gasteiger partial charge in [-0.3, -0.25) is 0 Å². The molecule has 0 saturated heterocycles. The molecule has 0 atom stereocenters. The van der Waals surface area contributed by atoms with Crippen molar-refractivity contribution in [2.24, 2.45) is 5.92 Å². The van der Waals surface area contributed by atoms with E-state index in [1.165, 1.54) is 37.7 Å². The van der Waals surface area contributed by atoms with Gasteiger partial charge in [0.2, 0.25) is 0 Å². The Kier molecular flexibility index (Phi) is 4.21. The zero-order chi connectivity index (χ0) is 11.2. The Labute approximate surface area is 99.4 Å². The third-order valence-electron chi connectivity index (χ3n) is 3.58. The predicted molar refractivity (Wildman–Crippen MR) is 71.3 cm³/mol. The normalized spacial score (nSPS) is 18.7. The molecule has 0 nitrogen and oxygen atoms in total. The van der Waals surface area contributed by atoms with Crippen molar-refractivity contribution in [2.75, 3.05) is 0 Å². The predicted octanol–water partition coefficient (Wildman–Crippen LogP) is 5.06. The Hall–Kier alpha value is -1.04. The van der Waals surface area contributed by atoms with E-state index in [-0.39, 0.29) is 0 Å². The molecule has 0 spiro atoms. The maximum Gasteiger partial charge on any atom is -0.0159 e. The summed E-state index contributed by atoms with van der Waals surface area (Å²) in [6.07, 6.45) is 10.6. The number of benzene rings is 1. The van der Waals surface area contributed by atoms with Crippen LogP contribution in [0.3, 0.4) is 0 Å². The molecule has 16 heavy (non-hydrogen) atoms. The third kappa shape index (κ3) is 2.75. The van der Waals surface area contributed by atoms with Crippen LogP contribution in [-0.2, 0) is 0 Å². The van der Waals surface area contributed by atoms with Gasteiger partial charge in [-0.25, -0.2) is 0 Å². The van der Waals surface area contributed by atoms with Crippen molar-refractivity contribution in [3.05, 3.63) is 42.0 Å². The number of allylic oxidation sites excluding steroid dienone is 2. The van der Waals surface area contributed by atoms with Crippen LogP contribution in [0.25, 0.3) is 5.57 Å². The quantitative estimate of drug-likeness (QED) is 0.659. The van der Waals surface area contributed by atoms with Gasteiger partial charge in [0.05, 0.1) is 0 Å². The van der Waals surface area contributed by atoms with Crippen LogP contribution in [0.4, 0.5) is 0 Å². The van der Waals surface area contributed by atoms with Crippen LogP contribution >= 0.6 is 0 Å². The zero-order valence-electron chi connectivity index (χ0n) is 10.3. The summed E-state index contributed by atoms with van der Waals surface area (Å²) in [5.41, 5.74) is 3.04. The SMILES string of the molecule is CCC=C(c1ccccc1)C1CCCCC1. The minimum Gasteiger partial charge on any atom is -0.0807 e. The summed E-state index contributed by atoms with van der Waals surface area (Å²) in [6.45, 7) is 2.24. The van der Waals surface area contributed by atoms with Crippen molar-refractivity contribution in [1.29, 1.82) is 0 Å². The Morgan fingerprint density at radius 1 is 1.12 bits per heavy atom. The fraction of sp³-hybridized carbons (Fsp3) is 0.500. The second kappa shape index (κ2) is 5.89. The largest absolute Gasteiger partial charge is 0.0807 e. The van der Waals surface area contributed by atoms with E-state index >= 15 is 0 Å². The van der Waals surface area contributed by atoms with Gasteiger partial charge in [0, 0.05) is 0 Å². The van der Waals surface area contributed by atoms with Crippen molar-refractivity contribution in [3.8, 4) is 0 Å². The number of rotatable bonds is 3. The molecule has 0 radical (unpaired) electrons. The van der Waals surface area contributed by atoms with Gasteiger partial charge in [-0.05, 0) is 36.3 Å². The Balaban J connectivity index is 2.20. The summed E-state index contributed by atoms with van der Waals surface area (Å²) < 4.78 is 0. The maximum atomic E-state index is 2.44. The molecule has 0 heteroatoms. The van der Waals surface area contributed by atoms with Crippen LogP contribution < -0.4 is 0 Å². The highest BCUT2D eigenvalue weighted by Crippen LogP contribution is 2.35. The molecule has 1 aromatic rings. The summed E-state index contributed by atoms with van der Waals surface area (Å²) in [5, 5.41) is 0. The summed E-state index contributed by atoms with van der Waals surface area (Å²) >= 11 is 0. The van der Waals surface area contributed by atoms with Crippen LogP contribution in [0.15, 0.2) is 36.4 Å². The minimum atomic E-state index is 0.816. The first-order chi connectivity index (χ1) is 7.92. The van der Waals surface area contributed by atoms with Gasteiger partial charge in [-0.2, -0.15) is 0 Å². The van der Waals surface area contributed by atoms with Gasteiger partial charge in [0.15, 0.2) is 0 Å². The van der Waals surface area contributed by atoms with E-state index in [4.69, 9.17) is 0 Å². The van der Waals surface area contributed by atoms with Crippen LogP contribution in [0.2, 0.25) is 0 Å². The first-order valence-electron chi connectivity index (χ1n) is 6.67. The Bertz CT molecular complexity index is 328. The monoisotopic (exact) mass is 214 g/mol. The molecule has 0 aromatic heterocycles. The minimum absolute atomic E-state index is 0.816. The molecule has 1 saturated carbocycles. The lowest BCUT2D eigenvalue weighted by atomic mass is 9.80. The molecular formula is C16H22. The molecule has 1 aliphatic rings. The molecule has 0 amide bonds. The van der Waals surface area contributed by atoms with Crippen LogP contribution in [-0.4, -0.2) is 0 Å². The van der Waals surface area contributed by atoms with Gasteiger partial charge < -0.3 is 0 Å². The molecule has 1 fully saturated rings. The van der Waals surface area contributed by atoms with Gasteiger partial charge in [0.25, 0.3) is 0 Å². The average molecular weight is 214 g/mol. The van der Waals surface area contributed by atoms with E-state index in [9.17, 15) is 0 Å². The van der Waals surface area contributed by atoms with Crippen molar-refractivity contribution >= 4 is 5.57 Å². The van der Waals surface area contributed by atoms with Gasteiger partial charge in [-0.15, -0.1) is 0 Å². The molecule has 0 N–H and O–H groups in total. The third-order valence-corrected chi connectivity index (χ3v) is 3.58. The molecule has 0 bridgehead atoms. The lowest BCUT2D eigenvalue weighted by Gasteiger charge is -2.25. The van der Waals surface area contributed by atoms with Crippen LogP contribution in [0.1, 0.15) is 51.0 Å². The number of hydrogen-bond acceptors (Lipinski definition) is 0. The number of hydrogen-bond donors (Lipinski definition) is 0. The summed E-state index contributed by atoms with van der Waals surface area (Å²) in [5.74, 6) is 0.816. The molecule has 86 valence electrons. The average Bonchev–Trinajstić information content (AvgIpc) is 2.38. The fourth-order valence-corrected chi connectivity index (χ4v) is 2.78. The maximum absolute atomic E-state index is 2.44. The second-order valence-electron chi connectivity index (χ2n) is 4.77. The van der Waals surface area contributed by atoms with Gasteiger partial charge in [-0.1, -0.05) is 62.6 Å². The first kappa shape index (κ1) is 11.4. The van der Waals surface area contributed by atoms with Crippen molar-refractivity contribution < 1.29 is 0 Å². The molecule has 1 aliphatic carbocycles. The van der Waals surface area contributed by atoms with Crippen molar-refractivity contribution in [2.45, 2.75) is 45.4 Å². The standard InChI is InChI=1S/C16H22/c1-2-9-16(14-10-5-3-6-11-14)15-12-7-4-8-13-15/h3,5-6,9-11,15H,2,4,7-8,12-13H2,1H3. The van der Waals surface area contributed by atoms with E-state index in [0.29, 0.717) is 0 Å².